The molecule has 6 rings (SSSR count). The Hall–Kier alpha value is -4.76. The fraction of sp³-hybridized carbons (Fsp3) is 0.364. The summed E-state index contributed by atoms with van der Waals surface area (Å²) < 4.78 is 45.0. The highest BCUT2D eigenvalue weighted by molar-refractivity contribution is 6.10. The number of rotatable bonds is 7. The van der Waals surface area contributed by atoms with Gasteiger partial charge in [-0.1, -0.05) is 13.0 Å². The average molecular weight is 615 g/mol. The Kier molecular flexibility index (Phi) is 8.05. The summed E-state index contributed by atoms with van der Waals surface area (Å²) in [5.41, 5.74) is 2.13. The van der Waals surface area contributed by atoms with Gasteiger partial charge in [-0.05, 0) is 90.9 Å². The minimum Gasteiger partial charge on any atom is -0.370 e. The van der Waals surface area contributed by atoms with E-state index in [9.17, 15) is 23.2 Å². The maximum absolute atomic E-state index is 14.4. The molecule has 9 nitrogen and oxygen atoms in total. The number of anilines is 2. The van der Waals surface area contributed by atoms with Crippen molar-refractivity contribution in [3.05, 3.63) is 76.6 Å². The van der Waals surface area contributed by atoms with Crippen molar-refractivity contribution in [3.8, 4) is 28.6 Å². The molecule has 232 valence electrons. The molecular formula is C33H33F3N8O. The molecule has 2 aliphatic heterocycles. The summed E-state index contributed by atoms with van der Waals surface area (Å²) in [6, 6.07) is 13.6. The Morgan fingerprint density at radius 3 is 2.62 bits per heavy atom. The lowest BCUT2D eigenvalue weighted by molar-refractivity contribution is -0.138. The van der Waals surface area contributed by atoms with Crippen LogP contribution in [0.15, 0.2) is 48.8 Å². The Morgan fingerprint density at radius 1 is 1.11 bits per heavy atom. The van der Waals surface area contributed by atoms with E-state index >= 15 is 0 Å². The molecule has 1 unspecified atom stereocenters. The van der Waals surface area contributed by atoms with Gasteiger partial charge in [-0.25, -0.2) is 4.98 Å². The van der Waals surface area contributed by atoms with E-state index in [1.54, 1.807) is 54.3 Å². The molecule has 0 saturated carbocycles. The summed E-state index contributed by atoms with van der Waals surface area (Å²) in [6.07, 6.45) is -0.966. The molecular weight excluding hydrogens is 581 g/mol. The number of fused-ring (bicyclic) bond motifs is 1. The predicted octanol–water partition coefficient (Wildman–Crippen LogP) is 6.26. The summed E-state index contributed by atoms with van der Waals surface area (Å²) in [7, 11) is 1.79. The number of aromatic nitrogens is 4. The number of hydrogen-bond donors (Lipinski definition) is 1. The van der Waals surface area contributed by atoms with Gasteiger partial charge in [0.15, 0.2) is 5.82 Å². The van der Waals surface area contributed by atoms with Crippen LogP contribution in [-0.2, 0) is 26.3 Å². The van der Waals surface area contributed by atoms with Crippen molar-refractivity contribution in [2.24, 2.45) is 13.0 Å². The fourth-order valence-electron chi connectivity index (χ4n) is 6.35. The number of benzene rings is 2. The predicted molar refractivity (Wildman–Crippen MR) is 164 cm³/mol. The molecule has 4 heterocycles. The van der Waals surface area contributed by atoms with E-state index in [0.717, 1.165) is 25.9 Å². The zero-order valence-electron chi connectivity index (χ0n) is 25.3. The van der Waals surface area contributed by atoms with E-state index in [-0.39, 0.29) is 23.5 Å². The first kappa shape index (κ1) is 30.3. The lowest BCUT2D eigenvalue weighted by Crippen LogP contribution is -2.33. The van der Waals surface area contributed by atoms with Crippen LogP contribution in [0.4, 0.5) is 24.8 Å². The van der Waals surface area contributed by atoms with Crippen molar-refractivity contribution in [2.75, 3.05) is 29.9 Å². The maximum Gasteiger partial charge on any atom is 0.416 e. The third kappa shape index (κ3) is 6.00. The third-order valence-electron chi connectivity index (χ3n) is 8.41. The topological polar surface area (TPSA) is 103 Å². The molecule has 45 heavy (non-hydrogen) atoms. The Bertz CT molecular complexity index is 1810. The molecule has 1 N–H and O–H groups in total. The van der Waals surface area contributed by atoms with Gasteiger partial charge in [0, 0.05) is 37.8 Å². The number of alkyl halides is 3. The van der Waals surface area contributed by atoms with Crippen LogP contribution in [-0.4, -0.2) is 50.2 Å². The second-order valence-corrected chi connectivity index (χ2v) is 11.8. The first-order valence-corrected chi connectivity index (χ1v) is 15.0. The molecule has 1 saturated heterocycles. The summed E-state index contributed by atoms with van der Waals surface area (Å²) in [6.45, 7) is 6.31. The summed E-state index contributed by atoms with van der Waals surface area (Å²) in [4.78, 5) is 22.0. The summed E-state index contributed by atoms with van der Waals surface area (Å²) in [5.74, 6) is 1.16. The third-order valence-corrected chi connectivity index (χ3v) is 8.41. The van der Waals surface area contributed by atoms with Crippen molar-refractivity contribution < 1.29 is 18.0 Å². The second-order valence-electron chi connectivity index (χ2n) is 11.8. The maximum atomic E-state index is 14.4. The number of carbonyl (C=O) groups is 1. The van der Waals surface area contributed by atoms with E-state index in [4.69, 9.17) is 0 Å². The number of hydrogen-bond acceptors (Lipinski definition) is 7. The monoisotopic (exact) mass is 614 g/mol. The van der Waals surface area contributed by atoms with E-state index < -0.39 is 17.6 Å². The number of pyridine rings is 1. The summed E-state index contributed by atoms with van der Waals surface area (Å²) in [5, 5.41) is 21.0. The van der Waals surface area contributed by atoms with Gasteiger partial charge in [-0.2, -0.15) is 18.4 Å². The Morgan fingerprint density at radius 2 is 1.93 bits per heavy atom. The first-order valence-electron chi connectivity index (χ1n) is 15.0. The SMILES string of the molecule is CCNc1cc(-c2ccc(C#N)cc2-c2nncn2C)cc(N2Cc3c(cc(CN4CCCC(C)C4)cc3C(F)(F)F)C2=O)n1. The smallest absolute Gasteiger partial charge is 0.370 e. The van der Waals surface area contributed by atoms with Crippen LogP contribution in [0.3, 0.4) is 0 Å². The standard InChI is InChI=1S/C33H33F3N8O/c1-4-38-29-13-23(24-8-7-21(15-37)10-25(24)31-41-39-19-42(31)3)14-30(40-29)44-18-27-26(32(44)45)11-22(12-28(27)33(34,35)36)17-43-9-5-6-20(2)16-43/h7-8,10-14,19-20H,4-6,9,16-18H2,1-3H3,(H,38,40). The largest absolute Gasteiger partial charge is 0.416 e. The first-order chi connectivity index (χ1) is 21.5. The van der Waals surface area contributed by atoms with Gasteiger partial charge in [0.2, 0.25) is 0 Å². The lowest BCUT2D eigenvalue weighted by Gasteiger charge is -2.31. The van der Waals surface area contributed by atoms with Crippen molar-refractivity contribution in [1.82, 2.24) is 24.6 Å². The van der Waals surface area contributed by atoms with Gasteiger partial charge in [0.1, 0.15) is 18.0 Å². The van der Waals surface area contributed by atoms with Gasteiger partial charge in [0.25, 0.3) is 5.91 Å². The molecule has 1 atom stereocenters. The molecule has 12 heteroatoms. The molecule has 0 aliphatic carbocycles. The van der Waals surface area contributed by atoms with E-state index in [2.05, 4.69) is 38.4 Å². The quantitative estimate of drug-likeness (QED) is 0.262. The average Bonchev–Trinajstić information content (AvgIpc) is 3.58. The molecule has 2 aliphatic rings. The van der Waals surface area contributed by atoms with Crippen LogP contribution in [0.5, 0.6) is 0 Å². The fourth-order valence-corrected chi connectivity index (χ4v) is 6.35. The number of nitrogens with one attached hydrogen (secondary N) is 1. The van der Waals surface area contributed by atoms with E-state index in [0.29, 0.717) is 58.5 Å². The van der Waals surface area contributed by atoms with Crippen LogP contribution >= 0.6 is 0 Å². The van der Waals surface area contributed by atoms with E-state index in [1.165, 1.54) is 11.0 Å². The van der Waals surface area contributed by atoms with Crippen LogP contribution in [0, 0.1) is 17.2 Å². The minimum absolute atomic E-state index is 0.0430. The number of amides is 1. The number of piperidine rings is 1. The lowest BCUT2D eigenvalue weighted by atomic mass is 9.96. The number of likely N-dealkylation sites (tertiary alicyclic amines) is 1. The van der Waals surface area contributed by atoms with Gasteiger partial charge in [0.05, 0.1) is 23.7 Å². The molecule has 0 bridgehead atoms. The zero-order chi connectivity index (χ0) is 31.9. The highest BCUT2D eigenvalue weighted by Gasteiger charge is 2.41. The molecule has 0 spiro atoms. The van der Waals surface area contributed by atoms with Crippen LogP contribution in [0.25, 0.3) is 22.5 Å². The van der Waals surface area contributed by atoms with Crippen molar-refractivity contribution in [3.63, 3.8) is 0 Å². The van der Waals surface area contributed by atoms with Crippen molar-refractivity contribution in [1.29, 1.82) is 5.26 Å². The highest BCUT2D eigenvalue weighted by atomic mass is 19.4. The number of nitrogens with zero attached hydrogens (tertiary/aromatic N) is 7. The number of carbonyl (C=O) groups excluding carboxylic acids is 1. The van der Waals surface area contributed by atoms with Crippen molar-refractivity contribution in [2.45, 2.75) is 46.0 Å². The number of halogens is 3. The second kappa shape index (κ2) is 12.0. The Labute approximate surface area is 259 Å². The van der Waals surface area contributed by atoms with E-state index in [1.807, 2.05) is 6.92 Å². The van der Waals surface area contributed by atoms with Crippen LogP contribution < -0.4 is 10.2 Å². The van der Waals surface area contributed by atoms with Gasteiger partial charge < -0.3 is 9.88 Å². The zero-order valence-corrected chi connectivity index (χ0v) is 25.3. The van der Waals surface area contributed by atoms with Gasteiger partial charge in [-0.15, -0.1) is 10.2 Å². The Balaban J connectivity index is 1.42. The molecule has 1 fully saturated rings. The molecule has 1 amide bonds. The normalized spacial score (nSPS) is 17.0. The minimum atomic E-state index is -4.62. The molecule has 0 radical (unpaired) electrons. The van der Waals surface area contributed by atoms with Gasteiger partial charge >= 0.3 is 6.18 Å². The number of nitriles is 1. The molecule has 2 aromatic carbocycles. The van der Waals surface area contributed by atoms with Crippen LogP contribution in [0.2, 0.25) is 0 Å². The number of aryl methyl sites for hydroxylation is 1. The van der Waals surface area contributed by atoms with Gasteiger partial charge in [-0.3, -0.25) is 14.6 Å². The molecule has 2 aromatic heterocycles. The molecule has 4 aromatic rings. The van der Waals surface area contributed by atoms with Crippen molar-refractivity contribution >= 4 is 17.5 Å². The summed E-state index contributed by atoms with van der Waals surface area (Å²) >= 11 is 0. The van der Waals surface area contributed by atoms with Crippen LogP contribution in [0.1, 0.15) is 59.3 Å². The highest BCUT2D eigenvalue weighted by Crippen LogP contribution is 2.41.